The normalized spacial score (nSPS) is 10.4. The Bertz CT molecular complexity index is 492. The average Bonchev–Trinajstić information content (AvgIpc) is 2.66. The zero-order chi connectivity index (χ0) is 11.5. The maximum atomic E-state index is 4.40. The predicted molar refractivity (Wildman–Crippen MR) is 65.7 cm³/mol. The van der Waals surface area contributed by atoms with E-state index in [-0.39, 0.29) is 0 Å². The summed E-state index contributed by atoms with van der Waals surface area (Å²) in [6.07, 6.45) is 1.75. The second-order valence-corrected chi connectivity index (χ2v) is 4.70. The summed E-state index contributed by atoms with van der Waals surface area (Å²) in [5, 5.41) is 6.35. The summed E-state index contributed by atoms with van der Waals surface area (Å²) in [4.78, 5) is 13.0. The van der Waals surface area contributed by atoms with Crippen LogP contribution in [0.1, 0.15) is 22.1 Å². The molecule has 4 nitrogen and oxygen atoms in total. The first-order valence-electron chi connectivity index (χ1n) is 5.10. The Kier molecular flexibility index (Phi) is 3.14. The molecule has 2 heterocycles. The molecular weight excluding hydrogens is 220 g/mol. The van der Waals surface area contributed by atoms with Crippen LogP contribution in [0.4, 0.5) is 5.82 Å². The van der Waals surface area contributed by atoms with Crippen molar-refractivity contribution in [3.63, 3.8) is 0 Å². The summed E-state index contributed by atoms with van der Waals surface area (Å²) in [5.74, 6) is 0.800. The van der Waals surface area contributed by atoms with Gasteiger partial charge in [0.2, 0.25) is 0 Å². The molecule has 0 spiro atoms. The quantitative estimate of drug-likeness (QED) is 0.886. The van der Waals surface area contributed by atoms with Crippen LogP contribution < -0.4 is 5.32 Å². The lowest BCUT2D eigenvalue weighted by molar-refractivity contribution is 0.994. The molecule has 0 aliphatic carbocycles. The third-order valence-electron chi connectivity index (χ3n) is 2.31. The molecule has 0 unspecified atom stereocenters. The minimum absolute atomic E-state index is 0.696. The van der Waals surface area contributed by atoms with E-state index in [1.165, 1.54) is 0 Å². The standard InChI is InChI=1S/C11H14N4S/c1-7-8(2)14-11(5-12-7)13-4-10-6-16-9(3)15-10/h5-6H,4H2,1-3H3,(H,13,14). The van der Waals surface area contributed by atoms with Crippen LogP contribution in [0, 0.1) is 20.8 Å². The molecule has 0 bridgehead atoms. The zero-order valence-corrected chi connectivity index (χ0v) is 10.4. The monoisotopic (exact) mass is 234 g/mol. The highest BCUT2D eigenvalue weighted by Gasteiger charge is 2.01. The number of anilines is 1. The van der Waals surface area contributed by atoms with Gasteiger partial charge in [0.05, 0.1) is 34.8 Å². The molecule has 0 saturated carbocycles. The molecule has 0 aliphatic heterocycles. The predicted octanol–water partition coefficient (Wildman–Crippen LogP) is 2.47. The Hall–Kier alpha value is -1.49. The number of thiazole rings is 1. The summed E-state index contributed by atoms with van der Waals surface area (Å²) < 4.78 is 0. The van der Waals surface area contributed by atoms with Crippen molar-refractivity contribution in [3.05, 3.63) is 33.7 Å². The van der Waals surface area contributed by atoms with Gasteiger partial charge >= 0.3 is 0 Å². The fourth-order valence-corrected chi connectivity index (χ4v) is 1.91. The smallest absolute Gasteiger partial charge is 0.145 e. The number of hydrogen-bond donors (Lipinski definition) is 1. The number of hydrogen-bond acceptors (Lipinski definition) is 5. The van der Waals surface area contributed by atoms with E-state index in [0.29, 0.717) is 6.54 Å². The molecule has 0 aromatic carbocycles. The van der Waals surface area contributed by atoms with Crippen molar-refractivity contribution >= 4 is 17.2 Å². The van der Waals surface area contributed by atoms with Gasteiger partial charge in [0, 0.05) is 5.38 Å². The summed E-state index contributed by atoms with van der Waals surface area (Å²) >= 11 is 1.66. The van der Waals surface area contributed by atoms with E-state index in [0.717, 1.165) is 27.9 Å². The third-order valence-corrected chi connectivity index (χ3v) is 3.13. The molecule has 16 heavy (non-hydrogen) atoms. The first-order chi connectivity index (χ1) is 7.65. The SMILES string of the molecule is Cc1nc(CNc2cnc(C)c(C)n2)cs1. The molecule has 0 atom stereocenters. The molecule has 2 rings (SSSR count). The van der Waals surface area contributed by atoms with E-state index < -0.39 is 0 Å². The van der Waals surface area contributed by atoms with Gasteiger partial charge in [0.25, 0.3) is 0 Å². The molecule has 0 aliphatic rings. The van der Waals surface area contributed by atoms with Gasteiger partial charge in [-0.15, -0.1) is 11.3 Å². The van der Waals surface area contributed by atoms with Crippen LogP contribution in [0.15, 0.2) is 11.6 Å². The van der Waals surface area contributed by atoms with Crippen LogP contribution in [0.3, 0.4) is 0 Å². The lowest BCUT2D eigenvalue weighted by Gasteiger charge is -2.05. The highest BCUT2D eigenvalue weighted by atomic mass is 32.1. The van der Waals surface area contributed by atoms with Crippen LogP contribution in [0.2, 0.25) is 0 Å². The molecule has 2 aromatic rings. The number of aryl methyl sites for hydroxylation is 3. The van der Waals surface area contributed by atoms with Crippen molar-refractivity contribution in [1.82, 2.24) is 15.0 Å². The number of aromatic nitrogens is 3. The van der Waals surface area contributed by atoms with E-state index in [4.69, 9.17) is 0 Å². The van der Waals surface area contributed by atoms with E-state index in [2.05, 4.69) is 25.6 Å². The van der Waals surface area contributed by atoms with Crippen LogP contribution in [0.25, 0.3) is 0 Å². The Morgan fingerprint density at radius 2 is 2.00 bits per heavy atom. The second-order valence-electron chi connectivity index (χ2n) is 3.64. The minimum atomic E-state index is 0.696. The van der Waals surface area contributed by atoms with E-state index in [1.54, 1.807) is 17.5 Å². The van der Waals surface area contributed by atoms with Crippen LogP contribution in [-0.4, -0.2) is 15.0 Å². The molecule has 84 valence electrons. The van der Waals surface area contributed by atoms with Crippen molar-refractivity contribution in [2.24, 2.45) is 0 Å². The van der Waals surface area contributed by atoms with Crippen molar-refractivity contribution in [2.45, 2.75) is 27.3 Å². The number of nitrogens with zero attached hydrogens (tertiary/aromatic N) is 3. The van der Waals surface area contributed by atoms with Gasteiger partial charge < -0.3 is 5.32 Å². The van der Waals surface area contributed by atoms with Crippen LogP contribution in [0.5, 0.6) is 0 Å². The van der Waals surface area contributed by atoms with Gasteiger partial charge in [0.15, 0.2) is 0 Å². The first-order valence-corrected chi connectivity index (χ1v) is 5.98. The van der Waals surface area contributed by atoms with Gasteiger partial charge in [0.1, 0.15) is 5.82 Å². The zero-order valence-electron chi connectivity index (χ0n) is 9.61. The van der Waals surface area contributed by atoms with Gasteiger partial charge in [-0.2, -0.15) is 0 Å². The van der Waals surface area contributed by atoms with Crippen molar-refractivity contribution in [1.29, 1.82) is 0 Å². The summed E-state index contributed by atoms with van der Waals surface area (Å²) in [7, 11) is 0. The summed E-state index contributed by atoms with van der Waals surface area (Å²) in [6, 6.07) is 0. The van der Waals surface area contributed by atoms with E-state index >= 15 is 0 Å². The number of nitrogens with one attached hydrogen (secondary N) is 1. The topological polar surface area (TPSA) is 50.7 Å². The average molecular weight is 234 g/mol. The molecule has 2 aromatic heterocycles. The lowest BCUT2D eigenvalue weighted by Crippen LogP contribution is -2.04. The van der Waals surface area contributed by atoms with Gasteiger partial charge in [-0.1, -0.05) is 0 Å². The van der Waals surface area contributed by atoms with Crippen LogP contribution >= 0.6 is 11.3 Å². The van der Waals surface area contributed by atoms with Crippen LogP contribution in [-0.2, 0) is 6.54 Å². The van der Waals surface area contributed by atoms with Gasteiger partial charge in [-0.3, -0.25) is 4.98 Å². The van der Waals surface area contributed by atoms with Crippen molar-refractivity contribution < 1.29 is 0 Å². The van der Waals surface area contributed by atoms with Crippen molar-refractivity contribution in [2.75, 3.05) is 5.32 Å². The minimum Gasteiger partial charge on any atom is -0.363 e. The molecule has 0 saturated heterocycles. The van der Waals surface area contributed by atoms with Crippen molar-refractivity contribution in [3.8, 4) is 0 Å². The molecule has 1 N–H and O–H groups in total. The molecule has 0 fully saturated rings. The molecule has 0 radical (unpaired) electrons. The van der Waals surface area contributed by atoms with Gasteiger partial charge in [-0.05, 0) is 20.8 Å². The fraction of sp³-hybridized carbons (Fsp3) is 0.364. The van der Waals surface area contributed by atoms with Gasteiger partial charge in [-0.25, -0.2) is 9.97 Å². The summed E-state index contributed by atoms with van der Waals surface area (Å²) in [5.41, 5.74) is 2.97. The Balaban J connectivity index is 2.02. The Morgan fingerprint density at radius 1 is 1.19 bits per heavy atom. The second kappa shape index (κ2) is 4.57. The first kappa shape index (κ1) is 11.0. The lowest BCUT2D eigenvalue weighted by atomic mass is 10.3. The largest absolute Gasteiger partial charge is 0.363 e. The fourth-order valence-electron chi connectivity index (χ4n) is 1.30. The molecular formula is C11H14N4S. The molecule has 0 amide bonds. The maximum absolute atomic E-state index is 4.40. The Labute approximate surface area is 98.8 Å². The summed E-state index contributed by atoms with van der Waals surface area (Å²) in [6.45, 7) is 6.61. The Morgan fingerprint density at radius 3 is 2.62 bits per heavy atom. The van der Waals surface area contributed by atoms with E-state index in [9.17, 15) is 0 Å². The third kappa shape index (κ3) is 2.55. The maximum Gasteiger partial charge on any atom is 0.145 e. The molecule has 5 heteroatoms. The highest BCUT2D eigenvalue weighted by Crippen LogP contribution is 2.10. The number of rotatable bonds is 3. The highest BCUT2D eigenvalue weighted by molar-refractivity contribution is 7.09. The van der Waals surface area contributed by atoms with E-state index in [1.807, 2.05) is 20.8 Å².